The molecule has 0 amide bonds. The van der Waals surface area contributed by atoms with Crippen LogP contribution in [0.2, 0.25) is 0 Å². The third kappa shape index (κ3) is 6.55. The second-order valence-electron chi connectivity index (χ2n) is 5.24. The highest BCUT2D eigenvalue weighted by atomic mass is 15.0. The predicted octanol–water partition coefficient (Wildman–Crippen LogP) is 5.58. The Bertz CT molecular complexity index is 250. The van der Waals surface area contributed by atoms with Gasteiger partial charge < -0.3 is 4.57 Å². The van der Waals surface area contributed by atoms with Gasteiger partial charge in [-0.3, -0.25) is 0 Å². The van der Waals surface area contributed by atoms with E-state index in [0.29, 0.717) is 6.04 Å². The second kappa shape index (κ2) is 9.32. The first-order valence-corrected chi connectivity index (χ1v) is 7.47. The molecule has 1 aromatic heterocycles. The molecule has 0 bridgehead atoms. The monoisotopic (exact) mass is 235 g/mol. The van der Waals surface area contributed by atoms with Crippen molar-refractivity contribution < 1.29 is 0 Å². The fourth-order valence-electron chi connectivity index (χ4n) is 2.36. The SMILES string of the molecule is CCCCCCCCCCC(C)n1cccc1. The molecular formula is C16H29N. The highest BCUT2D eigenvalue weighted by Gasteiger charge is 2.01. The molecule has 0 saturated carbocycles. The van der Waals surface area contributed by atoms with Gasteiger partial charge in [-0.15, -0.1) is 0 Å². The van der Waals surface area contributed by atoms with Crippen LogP contribution in [0.1, 0.15) is 77.7 Å². The molecule has 0 aromatic carbocycles. The predicted molar refractivity (Wildman–Crippen MR) is 76.4 cm³/mol. The quantitative estimate of drug-likeness (QED) is 0.466. The van der Waals surface area contributed by atoms with Crippen LogP contribution < -0.4 is 0 Å². The van der Waals surface area contributed by atoms with Crippen LogP contribution in [-0.4, -0.2) is 4.57 Å². The van der Waals surface area contributed by atoms with Crippen molar-refractivity contribution in [1.82, 2.24) is 4.57 Å². The van der Waals surface area contributed by atoms with E-state index in [4.69, 9.17) is 0 Å². The zero-order valence-electron chi connectivity index (χ0n) is 11.7. The lowest BCUT2D eigenvalue weighted by atomic mass is 10.1. The first-order valence-electron chi connectivity index (χ1n) is 7.47. The Hall–Kier alpha value is -0.720. The van der Waals surface area contributed by atoms with Crippen LogP contribution in [0.5, 0.6) is 0 Å². The molecule has 1 rings (SSSR count). The molecule has 0 radical (unpaired) electrons. The second-order valence-corrected chi connectivity index (χ2v) is 5.24. The fraction of sp³-hybridized carbons (Fsp3) is 0.750. The molecule has 98 valence electrons. The summed E-state index contributed by atoms with van der Waals surface area (Å²) in [6.45, 7) is 4.60. The van der Waals surface area contributed by atoms with Gasteiger partial charge in [0, 0.05) is 18.4 Å². The maximum absolute atomic E-state index is 2.32. The van der Waals surface area contributed by atoms with Crippen molar-refractivity contribution in [2.75, 3.05) is 0 Å². The molecule has 0 aliphatic rings. The van der Waals surface area contributed by atoms with Gasteiger partial charge in [0.15, 0.2) is 0 Å². The van der Waals surface area contributed by atoms with Gasteiger partial charge in [-0.2, -0.15) is 0 Å². The van der Waals surface area contributed by atoms with E-state index in [1.807, 2.05) is 0 Å². The Kier molecular flexibility index (Phi) is 7.87. The lowest BCUT2D eigenvalue weighted by molar-refractivity contribution is 0.467. The van der Waals surface area contributed by atoms with E-state index in [0.717, 1.165) is 0 Å². The average molecular weight is 235 g/mol. The van der Waals surface area contributed by atoms with E-state index >= 15 is 0 Å². The summed E-state index contributed by atoms with van der Waals surface area (Å²) in [6, 6.07) is 4.90. The smallest absolute Gasteiger partial charge is 0.0302 e. The van der Waals surface area contributed by atoms with Crippen molar-refractivity contribution in [3.8, 4) is 0 Å². The molecule has 1 aromatic rings. The minimum Gasteiger partial charge on any atom is -0.352 e. The number of hydrogen-bond donors (Lipinski definition) is 0. The van der Waals surface area contributed by atoms with E-state index in [-0.39, 0.29) is 0 Å². The van der Waals surface area contributed by atoms with Gasteiger partial charge in [-0.05, 0) is 25.5 Å². The summed E-state index contributed by atoms with van der Waals surface area (Å²) in [5.41, 5.74) is 0. The molecule has 1 nitrogen and oxygen atoms in total. The molecule has 0 fully saturated rings. The summed E-state index contributed by atoms with van der Waals surface area (Å²) >= 11 is 0. The number of rotatable bonds is 10. The molecule has 0 spiro atoms. The molecule has 17 heavy (non-hydrogen) atoms. The highest BCUT2D eigenvalue weighted by molar-refractivity contribution is 4.92. The Labute approximate surface area is 107 Å². The van der Waals surface area contributed by atoms with E-state index in [1.165, 1.54) is 57.8 Å². The maximum atomic E-state index is 2.32. The van der Waals surface area contributed by atoms with Crippen LogP contribution in [0.4, 0.5) is 0 Å². The Morgan fingerprint density at radius 3 is 1.94 bits per heavy atom. The van der Waals surface area contributed by atoms with Crippen LogP contribution in [0.25, 0.3) is 0 Å². The van der Waals surface area contributed by atoms with Crippen LogP contribution in [-0.2, 0) is 0 Å². The number of aromatic nitrogens is 1. The molecule has 0 aliphatic heterocycles. The number of nitrogens with zero attached hydrogens (tertiary/aromatic N) is 1. The molecule has 1 unspecified atom stereocenters. The normalized spacial score (nSPS) is 12.8. The molecule has 1 atom stereocenters. The zero-order chi connectivity index (χ0) is 12.3. The van der Waals surface area contributed by atoms with Crippen molar-refractivity contribution in [2.45, 2.75) is 77.7 Å². The van der Waals surface area contributed by atoms with Gasteiger partial charge >= 0.3 is 0 Å². The molecule has 0 N–H and O–H groups in total. The van der Waals surface area contributed by atoms with Crippen LogP contribution in [0.15, 0.2) is 24.5 Å². The summed E-state index contributed by atoms with van der Waals surface area (Å²) < 4.78 is 2.32. The van der Waals surface area contributed by atoms with Gasteiger partial charge in [-0.25, -0.2) is 0 Å². The molecular weight excluding hydrogens is 206 g/mol. The topological polar surface area (TPSA) is 4.93 Å². The lowest BCUT2D eigenvalue weighted by Gasteiger charge is -2.13. The van der Waals surface area contributed by atoms with E-state index in [1.54, 1.807) is 0 Å². The van der Waals surface area contributed by atoms with Crippen LogP contribution >= 0.6 is 0 Å². The summed E-state index contributed by atoms with van der Waals surface area (Å²) in [5.74, 6) is 0. The first kappa shape index (κ1) is 14.3. The van der Waals surface area contributed by atoms with Gasteiger partial charge in [0.1, 0.15) is 0 Å². The Balaban J connectivity index is 1.90. The van der Waals surface area contributed by atoms with Gasteiger partial charge in [0.2, 0.25) is 0 Å². The summed E-state index contributed by atoms with van der Waals surface area (Å²) in [4.78, 5) is 0. The molecule has 1 heterocycles. The lowest BCUT2D eigenvalue weighted by Crippen LogP contribution is -2.01. The number of hydrogen-bond acceptors (Lipinski definition) is 0. The van der Waals surface area contributed by atoms with Gasteiger partial charge in [0.05, 0.1) is 0 Å². The van der Waals surface area contributed by atoms with Crippen molar-refractivity contribution in [2.24, 2.45) is 0 Å². The van der Waals surface area contributed by atoms with E-state index < -0.39 is 0 Å². The van der Waals surface area contributed by atoms with Crippen molar-refractivity contribution >= 4 is 0 Å². The minimum absolute atomic E-state index is 0.671. The van der Waals surface area contributed by atoms with Crippen LogP contribution in [0.3, 0.4) is 0 Å². The zero-order valence-corrected chi connectivity index (χ0v) is 11.7. The van der Waals surface area contributed by atoms with Crippen molar-refractivity contribution in [1.29, 1.82) is 0 Å². The summed E-state index contributed by atoms with van der Waals surface area (Å²) in [7, 11) is 0. The van der Waals surface area contributed by atoms with Gasteiger partial charge in [0.25, 0.3) is 0 Å². The van der Waals surface area contributed by atoms with E-state index in [9.17, 15) is 0 Å². The maximum Gasteiger partial charge on any atom is 0.0302 e. The number of unbranched alkanes of at least 4 members (excludes halogenated alkanes) is 7. The third-order valence-electron chi connectivity index (χ3n) is 3.61. The van der Waals surface area contributed by atoms with E-state index in [2.05, 4.69) is 42.9 Å². The summed E-state index contributed by atoms with van der Waals surface area (Å²) in [5, 5.41) is 0. The minimum atomic E-state index is 0.671. The Morgan fingerprint density at radius 1 is 0.824 bits per heavy atom. The third-order valence-corrected chi connectivity index (χ3v) is 3.61. The summed E-state index contributed by atoms with van der Waals surface area (Å²) in [6.07, 6.45) is 17.0. The molecule has 1 heteroatoms. The standard InChI is InChI=1S/C16H29N/c1-3-4-5-6-7-8-9-10-13-16(2)17-14-11-12-15-17/h11-12,14-16H,3-10,13H2,1-2H3. The molecule has 0 saturated heterocycles. The fourth-order valence-corrected chi connectivity index (χ4v) is 2.36. The van der Waals surface area contributed by atoms with Gasteiger partial charge in [-0.1, -0.05) is 58.3 Å². The average Bonchev–Trinajstić information content (AvgIpc) is 2.86. The van der Waals surface area contributed by atoms with Crippen LogP contribution in [0, 0.1) is 0 Å². The first-order chi connectivity index (χ1) is 8.34. The van der Waals surface area contributed by atoms with Crippen molar-refractivity contribution in [3.63, 3.8) is 0 Å². The molecule has 0 aliphatic carbocycles. The Morgan fingerprint density at radius 2 is 1.35 bits per heavy atom. The van der Waals surface area contributed by atoms with Crippen molar-refractivity contribution in [3.05, 3.63) is 24.5 Å². The highest BCUT2D eigenvalue weighted by Crippen LogP contribution is 2.16. The largest absolute Gasteiger partial charge is 0.352 e.